The summed E-state index contributed by atoms with van der Waals surface area (Å²) in [5, 5.41) is 0. The summed E-state index contributed by atoms with van der Waals surface area (Å²) in [6.07, 6.45) is 6.15. The van der Waals surface area contributed by atoms with Crippen LogP contribution in [0.3, 0.4) is 0 Å². The van der Waals surface area contributed by atoms with Gasteiger partial charge in [0.2, 0.25) is 5.79 Å². The molecule has 5 nitrogen and oxygen atoms in total. The normalized spacial score (nSPS) is 49.5. The molecule has 26 heavy (non-hydrogen) atoms. The highest BCUT2D eigenvalue weighted by atomic mass is 16.7. The Morgan fingerprint density at radius 2 is 1.92 bits per heavy atom. The SMILES string of the molecule is COC12OCC3C1[C@@H]1C(=C[C@@H]3C)C(CCC2=O)CC[C@H]1C1(C)OCCO1. The molecule has 0 aromatic carbocycles. The minimum atomic E-state index is -1.08. The Morgan fingerprint density at radius 1 is 1.15 bits per heavy atom. The van der Waals surface area contributed by atoms with Crippen LogP contribution in [0.2, 0.25) is 0 Å². The molecule has 4 bridgehead atoms. The lowest BCUT2D eigenvalue weighted by Gasteiger charge is -2.54. The zero-order chi connectivity index (χ0) is 18.1. The number of ether oxygens (including phenoxy) is 4. The van der Waals surface area contributed by atoms with Crippen molar-refractivity contribution in [1.29, 1.82) is 0 Å². The zero-order valence-corrected chi connectivity index (χ0v) is 16.0. The average molecular weight is 362 g/mol. The molecule has 2 saturated carbocycles. The minimum absolute atomic E-state index is 0.0627. The maximum atomic E-state index is 13.2. The van der Waals surface area contributed by atoms with Gasteiger partial charge in [0.25, 0.3) is 0 Å². The molecule has 2 saturated heterocycles. The van der Waals surface area contributed by atoms with Crippen molar-refractivity contribution < 1.29 is 23.7 Å². The molecular formula is C21H30O5. The van der Waals surface area contributed by atoms with Gasteiger partial charge in [0.1, 0.15) is 0 Å². The third kappa shape index (κ3) is 2.15. The van der Waals surface area contributed by atoms with Crippen LogP contribution in [0.1, 0.15) is 39.5 Å². The van der Waals surface area contributed by atoms with Crippen molar-refractivity contribution >= 4 is 5.78 Å². The van der Waals surface area contributed by atoms with Gasteiger partial charge in [0, 0.05) is 25.4 Å². The molecule has 0 aromatic rings. The molecule has 0 spiro atoms. The van der Waals surface area contributed by atoms with E-state index >= 15 is 0 Å². The first-order chi connectivity index (χ1) is 12.5. The number of hydrogen-bond donors (Lipinski definition) is 0. The van der Waals surface area contributed by atoms with E-state index in [-0.39, 0.29) is 23.5 Å². The maximum absolute atomic E-state index is 13.2. The van der Waals surface area contributed by atoms with Gasteiger partial charge in [0.15, 0.2) is 11.6 Å². The third-order valence-corrected chi connectivity index (χ3v) is 7.97. The van der Waals surface area contributed by atoms with Crippen LogP contribution < -0.4 is 0 Å². The smallest absolute Gasteiger partial charge is 0.232 e. The van der Waals surface area contributed by atoms with Crippen LogP contribution in [0.15, 0.2) is 11.6 Å². The number of methoxy groups -OCH3 is 1. The molecule has 0 aromatic heterocycles. The third-order valence-electron chi connectivity index (χ3n) is 7.97. The van der Waals surface area contributed by atoms with Crippen molar-refractivity contribution in [3.63, 3.8) is 0 Å². The van der Waals surface area contributed by atoms with E-state index in [1.165, 1.54) is 5.57 Å². The molecule has 3 aliphatic carbocycles. The van der Waals surface area contributed by atoms with Gasteiger partial charge >= 0.3 is 0 Å². The molecule has 5 heteroatoms. The van der Waals surface area contributed by atoms with Gasteiger partial charge < -0.3 is 18.9 Å². The molecule has 0 radical (unpaired) electrons. The Morgan fingerprint density at radius 3 is 2.65 bits per heavy atom. The fourth-order valence-electron chi connectivity index (χ4n) is 6.75. The predicted molar refractivity (Wildman–Crippen MR) is 94.2 cm³/mol. The van der Waals surface area contributed by atoms with E-state index in [9.17, 15) is 4.79 Å². The molecule has 7 atom stereocenters. The second-order valence-electron chi connectivity index (χ2n) is 8.98. The van der Waals surface area contributed by atoms with Crippen molar-refractivity contribution in [3.05, 3.63) is 11.6 Å². The second kappa shape index (κ2) is 5.87. The summed E-state index contributed by atoms with van der Waals surface area (Å²) in [5.41, 5.74) is 1.52. The first-order valence-electron chi connectivity index (χ1n) is 10.2. The fourth-order valence-corrected chi connectivity index (χ4v) is 6.75. The first-order valence-corrected chi connectivity index (χ1v) is 10.2. The van der Waals surface area contributed by atoms with Crippen molar-refractivity contribution in [2.24, 2.45) is 35.5 Å². The van der Waals surface area contributed by atoms with Crippen molar-refractivity contribution in [1.82, 2.24) is 0 Å². The lowest BCUT2D eigenvalue weighted by molar-refractivity contribution is -0.243. The van der Waals surface area contributed by atoms with Gasteiger partial charge in [-0.2, -0.15) is 0 Å². The van der Waals surface area contributed by atoms with Gasteiger partial charge in [-0.25, -0.2) is 0 Å². The van der Waals surface area contributed by atoms with E-state index in [2.05, 4.69) is 19.9 Å². The number of hydrogen-bond acceptors (Lipinski definition) is 5. The minimum Gasteiger partial charge on any atom is -0.348 e. The van der Waals surface area contributed by atoms with Crippen LogP contribution in [0.5, 0.6) is 0 Å². The molecule has 144 valence electrons. The standard InChI is InChI=1S/C21H30O5/c1-12-10-14-13-4-6-16(20(2)24-8-9-25-20)18(14)19-15(12)11-26-21(19,23-3)17(22)7-5-13/h10,12-13,15-16,18-19H,4-9,11H2,1-3H3/t12-,13?,15?,16+,18+,19?,21?/m0/s1. The Hall–Kier alpha value is -0.750. The molecule has 0 N–H and O–H groups in total. The number of carbonyl (C=O) groups excluding carboxylic acids is 1. The van der Waals surface area contributed by atoms with E-state index in [0.29, 0.717) is 44.0 Å². The number of Topliss-reactive ketones (excluding diaryl/α,β-unsaturated/α-hetero) is 1. The number of allylic oxidation sites excluding steroid dienone is 2. The van der Waals surface area contributed by atoms with Gasteiger partial charge in [-0.05, 0) is 49.9 Å². The summed E-state index contributed by atoms with van der Waals surface area (Å²) in [4.78, 5) is 13.2. The van der Waals surface area contributed by atoms with Crippen LogP contribution in [0.4, 0.5) is 0 Å². The summed E-state index contributed by atoms with van der Waals surface area (Å²) in [6.45, 7) is 6.26. The highest BCUT2D eigenvalue weighted by Gasteiger charge is 2.66. The van der Waals surface area contributed by atoms with Crippen LogP contribution in [0.25, 0.3) is 0 Å². The molecule has 5 aliphatic rings. The topological polar surface area (TPSA) is 54.0 Å². The molecule has 5 rings (SSSR count). The Kier molecular flexibility index (Phi) is 3.92. The highest BCUT2D eigenvalue weighted by molar-refractivity contribution is 5.87. The van der Waals surface area contributed by atoms with Crippen LogP contribution >= 0.6 is 0 Å². The quantitative estimate of drug-likeness (QED) is 0.707. The number of carbonyl (C=O) groups is 1. The lowest BCUT2D eigenvalue weighted by Crippen LogP contribution is -2.58. The van der Waals surface area contributed by atoms with Crippen LogP contribution in [-0.4, -0.2) is 44.3 Å². The molecule has 4 fully saturated rings. The largest absolute Gasteiger partial charge is 0.348 e. The summed E-state index contributed by atoms with van der Waals surface area (Å²) in [7, 11) is 1.64. The fraction of sp³-hybridized carbons (Fsp3) is 0.857. The molecule has 2 heterocycles. The number of rotatable bonds is 2. The Balaban J connectivity index is 1.66. The molecule has 0 amide bonds. The van der Waals surface area contributed by atoms with Gasteiger partial charge in [-0.15, -0.1) is 0 Å². The monoisotopic (exact) mass is 362 g/mol. The van der Waals surface area contributed by atoms with E-state index in [0.717, 1.165) is 19.3 Å². The van der Waals surface area contributed by atoms with E-state index in [4.69, 9.17) is 18.9 Å². The summed E-state index contributed by atoms with van der Waals surface area (Å²) in [6, 6.07) is 0. The summed E-state index contributed by atoms with van der Waals surface area (Å²) < 4.78 is 24.3. The van der Waals surface area contributed by atoms with Gasteiger partial charge in [-0.1, -0.05) is 18.6 Å². The molecule has 4 unspecified atom stereocenters. The Bertz CT molecular complexity index is 636. The van der Waals surface area contributed by atoms with Crippen molar-refractivity contribution in [2.75, 3.05) is 26.9 Å². The van der Waals surface area contributed by atoms with Crippen LogP contribution in [-0.2, 0) is 23.7 Å². The lowest BCUT2D eigenvalue weighted by atomic mass is 9.53. The van der Waals surface area contributed by atoms with E-state index in [1.807, 2.05) is 0 Å². The van der Waals surface area contributed by atoms with Gasteiger partial charge in [0.05, 0.1) is 19.8 Å². The van der Waals surface area contributed by atoms with Crippen molar-refractivity contribution in [2.45, 2.75) is 51.1 Å². The maximum Gasteiger partial charge on any atom is 0.232 e. The van der Waals surface area contributed by atoms with E-state index in [1.54, 1.807) is 7.11 Å². The molecule has 2 aliphatic heterocycles. The van der Waals surface area contributed by atoms with Crippen molar-refractivity contribution in [3.8, 4) is 0 Å². The first kappa shape index (κ1) is 17.4. The number of ketones is 1. The van der Waals surface area contributed by atoms with Gasteiger partial charge in [-0.3, -0.25) is 4.79 Å². The molecular weight excluding hydrogens is 332 g/mol. The Labute approximate surface area is 155 Å². The average Bonchev–Trinajstić information content (AvgIpc) is 3.24. The summed E-state index contributed by atoms with van der Waals surface area (Å²) >= 11 is 0. The zero-order valence-electron chi connectivity index (χ0n) is 16.0. The highest BCUT2D eigenvalue weighted by Crippen LogP contribution is 2.61. The van der Waals surface area contributed by atoms with E-state index < -0.39 is 11.6 Å². The van der Waals surface area contributed by atoms with Crippen LogP contribution in [0, 0.1) is 35.5 Å². The predicted octanol–water partition coefficient (Wildman–Crippen LogP) is 2.94. The summed E-state index contributed by atoms with van der Waals surface area (Å²) in [5.74, 6) is 0.263. The second-order valence-corrected chi connectivity index (χ2v) is 8.98.